The van der Waals surface area contributed by atoms with E-state index >= 15 is 0 Å². The van der Waals surface area contributed by atoms with Crippen LogP contribution in [0.5, 0.6) is 5.75 Å². The predicted molar refractivity (Wildman–Crippen MR) is 96.0 cm³/mol. The van der Waals surface area contributed by atoms with Gasteiger partial charge in [-0.15, -0.1) is 0 Å². The van der Waals surface area contributed by atoms with Crippen molar-refractivity contribution in [3.63, 3.8) is 0 Å². The molecule has 2 aromatic carbocycles. The van der Waals surface area contributed by atoms with Crippen molar-refractivity contribution in [3.05, 3.63) is 59.1 Å². The molecule has 4 amide bonds. The molecule has 0 aliphatic carbocycles. The monoisotopic (exact) mass is 373 g/mol. The highest BCUT2D eigenvalue weighted by Crippen LogP contribution is 2.16. The number of nitrogens with one attached hydrogen (secondary N) is 2. The predicted octanol–water partition coefficient (Wildman–Crippen LogP) is 2.41. The molecule has 0 bridgehead atoms. The number of carbonyl (C=O) groups excluding carboxylic acids is 3. The van der Waals surface area contributed by atoms with E-state index in [1.54, 1.807) is 48.5 Å². The molecule has 0 radical (unpaired) electrons. The average Bonchev–Trinajstić information content (AvgIpc) is 2.95. The van der Waals surface area contributed by atoms with E-state index in [0.717, 1.165) is 10.5 Å². The molecule has 1 fully saturated rings. The lowest BCUT2D eigenvalue weighted by atomic mass is 10.2. The molecule has 0 atom stereocenters. The van der Waals surface area contributed by atoms with E-state index in [4.69, 9.17) is 16.3 Å². The van der Waals surface area contributed by atoms with Gasteiger partial charge >= 0.3 is 6.03 Å². The van der Waals surface area contributed by atoms with E-state index in [9.17, 15) is 14.4 Å². The Morgan fingerprint density at radius 3 is 2.42 bits per heavy atom. The lowest BCUT2D eigenvalue weighted by Crippen LogP contribution is -2.30. The van der Waals surface area contributed by atoms with Crippen LogP contribution in [-0.4, -0.2) is 35.9 Å². The second-order valence-corrected chi connectivity index (χ2v) is 6.06. The summed E-state index contributed by atoms with van der Waals surface area (Å²) in [5.74, 6) is -0.0121. The molecule has 1 aliphatic heterocycles. The van der Waals surface area contributed by atoms with Gasteiger partial charge in [0.2, 0.25) is 5.91 Å². The zero-order valence-corrected chi connectivity index (χ0v) is 14.5. The van der Waals surface area contributed by atoms with Crippen LogP contribution in [0.4, 0.5) is 10.5 Å². The fourth-order valence-corrected chi connectivity index (χ4v) is 2.49. The van der Waals surface area contributed by atoms with Crippen molar-refractivity contribution in [3.8, 4) is 5.75 Å². The van der Waals surface area contributed by atoms with Crippen molar-refractivity contribution in [1.29, 1.82) is 0 Å². The summed E-state index contributed by atoms with van der Waals surface area (Å²) in [6.45, 7) is 0.0883. The Morgan fingerprint density at radius 2 is 1.81 bits per heavy atom. The van der Waals surface area contributed by atoms with Gasteiger partial charge in [0.05, 0.1) is 13.1 Å². The molecule has 134 valence electrons. The normalized spacial score (nSPS) is 13.5. The van der Waals surface area contributed by atoms with Crippen LogP contribution in [-0.2, 0) is 16.1 Å². The van der Waals surface area contributed by atoms with Crippen molar-refractivity contribution in [2.45, 2.75) is 6.54 Å². The topological polar surface area (TPSA) is 87.7 Å². The Bertz CT molecular complexity index is 805. The maximum Gasteiger partial charge on any atom is 0.324 e. The molecule has 1 heterocycles. The van der Waals surface area contributed by atoms with Gasteiger partial charge in [-0.3, -0.25) is 14.5 Å². The maximum atomic E-state index is 11.9. The Kier molecular flexibility index (Phi) is 5.38. The van der Waals surface area contributed by atoms with Crippen molar-refractivity contribution in [1.82, 2.24) is 10.2 Å². The number of anilines is 1. The largest absolute Gasteiger partial charge is 0.484 e. The van der Waals surface area contributed by atoms with Crippen molar-refractivity contribution in [2.75, 3.05) is 18.5 Å². The summed E-state index contributed by atoms with van der Waals surface area (Å²) in [7, 11) is 0. The smallest absolute Gasteiger partial charge is 0.324 e. The second-order valence-electron chi connectivity index (χ2n) is 5.63. The number of hydrogen-bond donors (Lipinski definition) is 2. The van der Waals surface area contributed by atoms with Gasteiger partial charge in [0.1, 0.15) is 5.75 Å². The van der Waals surface area contributed by atoms with Gasteiger partial charge in [0, 0.05) is 10.7 Å². The van der Waals surface area contributed by atoms with Crippen LogP contribution >= 0.6 is 11.6 Å². The van der Waals surface area contributed by atoms with Gasteiger partial charge in [-0.05, 0) is 42.0 Å². The number of ether oxygens (including phenoxy) is 1. The molecule has 1 aliphatic rings. The second kappa shape index (κ2) is 7.88. The summed E-state index contributed by atoms with van der Waals surface area (Å²) in [6.07, 6.45) is 0. The van der Waals surface area contributed by atoms with Crippen LogP contribution in [0.1, 0.15) is 5.56 Å². The Hall–Kier alpha value is -3.06. The molecule has 0 saturated carbocycles. The number of carbonyl (C=O) groups is 3. The first kappa shape index (κ1) is 17.8. The Labute approximate surface area is 154 Å². The fourth-order valence-electron chi connectivity index (χ4n) is 2.37. The van der Waals surface area contributed by atoms with Gasteiger partial charge in [0.15, 0.2) is 6.61 Å². The number of amides is 4. The van der Waals surface area contributed by atoms with Gasteiger partial charge in [-0.1, -0.05) is 23.7 Å². The SMILES string of the molecule is O=C(COc1ccc(Cl)cc1)Nc1ccc(CN2C(=O)CNC2=O)cc1. The van der Waals surface area contributed by atoms with Crippen LogP contribution in [0.2, 0.25) is 5.02 Å². The highest BCUT2D eigenvalue weighted by Gasteiger charge is 2.28. The quantitative estimate of drug-likeness (QED) is 0.761. The fraction of sp³-hybridized carbons (Fsp3) is 0.167. The van der Waals surface area contributed by atoms with Crippen molar-refractivity contribution in [2.24, 2.45) is 0 Å². The minimum atomic E-state index is -0.397. The van der Waals surface area contributed by atoms with Crippen LogP contribution < -0.4 is 15.4 Å². The standard InChI is InChI=1S/C18H16ClN3O4/c19-13-3-7-15(8-4-13)26-11-16(23)21-14-5-1-12(2-6-14)10-22-17(24)9-20-18(22)25/h1-8H,9-11H2,(H,20,25)(H,21,23). The first-order valence-corrected chi connectivity index (χ1v) is 8.24. The molecule has 1 saturated heterocycles. The highest BCUT2D eigenvalue weighted by molar-refractivity contribution is 6.30. The third-order valence-corrected chi connectivity index (χ3v) is 3.95. The number of rotatable bonds is 6. The van der Waals surface area contributed by atoms with E-state index in [0.29, 0.717) is 16.5 Å². The maximum absolute atomic E-state index is 11.9. The van der Waals surface area contributed by atoms with Crippen LogP contribution in [0.25, 0.3) is 0 Å². The number of benzene rings is 2. The minimum Gasteiger partial charge on any atom is -0.484 e. The molecule has 26 heavy (non-hydrogen) atoms. The molecule has 7 nitrogen and oxygen atoms in total. The molecule has 2 N–H and O–H groups in total. The van der Waals surface area contributed by atoms with E-state index < -0.39 is 6.03 Å². The van der Waals surface area contributed by atoms with E-state index in [2.05, 4.69) is 10.6 Å². The molecule has 3 rings (SSSR count). The molecule has 8 heteroatoms. The first-order chi connectivity index (χ1) is 12.5. The summed E-state index contributed by atoms with van der Waals surface area (Å²) >= 11 is 5.79. The van der Waals surface area contributed by atoms with E-state index in [-0.39, 0.29) is 31.5 Å². The van der Waals surface area contributed by atoms with Gasteiger partial charge in [0.25, 0.3) is 5.91 Å². The highest BCUT2D eigenvalue weighted by atomic mass is 35.5. The van der Waals surface area contributed by atoms with Crippen molar-refractivity contribution < 1.29 is 19.1 Å². The molecule has 2 aromatic rings. The molecule has 0 unspecified atom stereocenters. The van der Waals surface area contributed by atoms with Crippen LogP contribution in [0, 0.1) is 0 Å². The van der Waals surface area contributed by atoms with Crippen LogP contribution in [0.3, 0.4) is 0 Å². The lowest BCUT2D eigenvalue weighted by molar-refractivity contribution is -0.125. The number of imide groups is 1. The molecular weight excluding hydrogens is 358 g/mol. The molecule has 0 aromatic heterocycles. The number of halogens is 1. The number of nitrogens with zero attached hydrogens (tertiary/aromatic N) is 1. The Morgan fingerprint density at radius 1 is 1.12 bits per heavy atom. The zero-order valence-electron chi connectivity index (χ0n) is 13.7. The number of urea groups is 1. The Balaban J connectivity index is 1.50. The summed E-state index contributed by atoms with van der Waals surface area (Å²) in [6, 6.07) is 13.2. The van der Waals surface area contributed by atoms with Crippen LogP contribution in [0.15, 0.2) is 48.5 Å². The summed E-state index contributed by atoms with van der Waals surface area (Å²) < 4.78 is 5.37. The van der Waals surface area contributed by atoms with Gasteiger partial charge in [-0.2, -0.15) is 0 Å². The molecular formula is C18H16ClN3O4. The summed E-state index contributed by atoms with van der Waals surface area (Å²) in [4.78, 5) is 36.2. The van der Waals surface area contributed by atoms with Crippen molar-refractivity contribution >= 4 is 35.1 Å². The van der Waals surface area contributed by atoms with E-state index in [1.165, 1.54) is 0 Å². The molecule has 0 spiro atoms. The van der Waals surface area contributed by atoms with Gasteiger partial charge < -0.3 is 15.4 Å². The number of hydrogen-bond acceptors (Lipinski definition) is 4. The average molecular weight is 374 g/mol. The first-order valence-electron chi connectivity index (χ1n) is 7.86. The third kappa shape index (κ3) is 4.52. The van der Waals surface area contributed by atoms with E-state index in [1.807, 2.05) is 0 Å². The summed E-state index contributed by atoms with van der Waals surface area (Å²) in [5.41, 5.74) is 1.38. The lowest BCUT2D eigenvalue weighted by Gasteiger charge is -2.13. The van der Waals surface area contributed by atoms with Gasteiger partial charge in [-0.25, -0.2) is 4.79 Å². The summed E-state index contributed by atoms with van der Waals surface area (Å²) in [5, 5.41) is 5.77. The zero-order chi connectivity index (χ0) is 18.5. The minimum absolute atomic E-state index is 0.0284. The third-order valence-electron chi connectivity index (χ3n) is 3.70.